The Kier molecular flexibility index (Phi) is 5.18. The van der Waals surface area contributed by atoms with E-state index < -0.39 is 41.4 Å². The first-order chi connectivity index (χ1) is 11.3. The van der Waals surface area contributed by atoms with E-state index in [4.69, 9.17) is 0 Å². The van der Waals surface area contributed by atoms with Crippen LogP contribution in [0.1, 0.15) is 16.1 Å². The maximum Gasteiger partial charge on any atom is 0.325 e. The van der Waals surface area contributed by atoms with Crippen molar-refractivity contribution in [3.05, 3.63) is 59.0 Å². The molecule has 5 nitrogen and oxygen atoms in total. The standard InChI is InChI=1S/C16H13F3N2O3/c1-9-4-3-5-12(20-9)21(8-13(22)24-2)16(23)10-6-7-11(17)15(19)14(10)18/h3-7H,8H2,1-2H3. The average molecular weight is 338 g/mol. The number of rotatable bonds is 4. The molecule has 1 aromatic heterocycles. The number of aromatic nitrogens is 1. The second-order valence-electron chi connectivity index (χ2n) is 4.83. The van der Waals surface area contributed by atoms with Crippen molar-refractivity contribution in [3.8, 4) is 0 Å². The van der Waals surface area contributed by atoms with Crippen LogP contribution in [0.15, 0.2) is 30.3 Å². The van der Waals surface area contributed by atoms with Gasteiger partial charge in [0.1, 0.15) is 12.4 Å². The second-order valence-corrected chi connectivity index (χ2v) is 4.83. The van der Waals surface area contributed by atoms with Crippen molar-refractivity contribution in [1.29, 1.82) is 0 Å². The number of carbonyl (C=O) groups excluding carboxylic acids is 2. The Morgan fingerprint density at radius 2 is 1.83 bits per heavy atom. The highest BCUT2D eigenvalue weighted by Crippen LogP contribution is 2.20. The number of benzene rings is 1. The first kappa shape index (κ1) is 17.5. The molecule has 0 aliphatic heterocycles. The van der Waals surface area contributed by atoms with Crippen LogP contribution in [0.5, 0.6) is 0 Å². The molecule has 0 aliphatic rings. The minimum Gasteiger partial charge on any atom is -0.468 e. The number of hydrogen-bond donors (Lipinski definition) is 0. The maximum atomic E-state index is 13.9. The first-order valence-corrected chi connectivity index (χ1v) is 6.81. The molecule has 1 amide bonds. The smallest absolute Gasteiger partial charge is 0.325 e. The second kappa shape index (κ2) is 7.12. The van der Waals surface area contributed by atoms with Gasteiger partial charge in [-0.05, 0) is 31.2 Å². The molecule has 2 aromatic rings. The molecule has 0 radical (unpaired) electrons. The van der Waals surface area contributed by atoms with Crippen molar-refractivity contribution < 1.29 is 27.5 Å². The topological polar surface area (TPSA) is 59.5 Å². The predicted octanol–water partition coefficient (Wildman–Crippen LogP) is 2.63. The van der Waals surface area contributed by atoms with E-state index in [0.29, 0.717) is 11.8 Å². The molecule has 1 heterocycles. The van der Waals surface area contributed by atoms with Crippen LogP contribution in [0.25, 0.3) is 0 Å². The highest BCUT2D eigenvalue weighted by atomic mass is 19.2. The lowest BCUT2D eigenvalue weighted by Gasteiger charge is -2.21. The lowest BCUT2D eigenvalue weighted by molar-refractivity contribution is -0.138. The first-order valence-electron chi connectivity index (χ1n) is 6.81. The predicted molar refractivity (Wildman–Crippen MR) is 79.0 cm³/mol. The van der Waals surface area contributed by atoms with E-state index in [1.54, 1.807) is 19.1 Å². The summed E-state index contributed by atoms with van der Waals surface area (Å²) in [5.74, 6) is -6.60. The van der Waals surface area contributed by atoms with Crippen molar-refractivity contribution in [1.82, 2.24) is 4.98 Å². The maximum absolute atomic E-state index is 13.9. The SMILES string of the molecule is COC(=O)CN(C(=O)c1ccc(F)c(F)c1F)c1cccc(C)n1. The minimum absolute atomic E-state index is 0.0505. The summed E-state index contributed by atoms with van der Waals surface area (Å²) >= 11 is 0. The summed E-state index contributed by atoms with van der Waals surface area (Å²) < 4.78 is 44.8. The Bertz CT molecular complexity index is 796. The van der Waals surface area contributed by atoms with Crippen molar-refractivity contribution in [2.45, 2.75) is 6.92 Å². The van der Waals surface area contributed by atoms with Gasteiger partial charge in [0.15, 0.2) is 17.5 Å². The Morgan fingerprint density at radius 3 is 2.46 bits per heavy atom. The van der Waals surface area contributed by atoms with Gasteiger partial charge in [-0.1, -0.05) is 6.07 Å². The van der Waals surface area contributed by atoms with Crippen molar-refractivity contribution >= 4 is 17.7 Å². The van der Waals surface area contributed by atoms with Crippen LogP contribution in [0.3, 0.4) is 0 Å². The molecule has 126 valence electrons. The Morgan fingerprint density at radius 1 is 1.12 bits per heavy atom. The number of hydrogen-bond acceptors (Lipinski definition) is 4. The zero-order chi connectivity index (χ0) is 17.9. The van der Waals surface area contributed by atoms with Crippen LogP contribution in [0.2, 0.25) is 0 Å². The van der Waals surface area contributed by atoms with Crippen LogP contribution in [0.4, 0.5) is 19.0 Å². The van der Waals surface area contributed by atoms with E-state index in [9.17, 15) is 22.8 Å². The molecular weight excluding hydrogens is 325 g/mol. The largest absolute Gasteiger partial charge is 0.468 e. The van der Waals surface area contributed by atoms with Gasteiger partial charge in [-0.25, -0.2) is 18.2 Å². The Balaban J connectivity index is 2.49. The van der Waals surface area contributed by atoms with E-state index in [2.05, 4.69) is 9.72 Å². The van der Waals surface area contributed by atoms with Gasteiger partial charge in [0.2, 0.25) is 0 Å². The molecule has 0 N–H and O–H groups in total. The van der Waals surface area contributed by atoms with Gasteiger partial charge < -0.3 is 4.74 Å². The number of methoxy groups -OCH3 is 1. The highest BCUT2D eigenvalue weighted by Gasteiger charge is 2.27. The van der Waals surface area contributed by atoms with E-state index in [1.807, 2.05) is 0 Å². The number of esters is 1. The number of ether oxygens (including phenoxy) is 1. The zero-order valence-corrected chi connectivity index (χ0v) is 12.8. The third-order valence-electron chi connectivity index (χ3n) is 3.18. The summed E-state index contributed by atoms with van der Waals surface area (Å²) in [6, 6.07) is 6.09. The molecule has 0 spiro atoms. The van der Waals surface area contributed by atoms with Gasteiger partial charge in [-0.2, -0.15) is 0 Å². The number of amides is 1. The monoisotopic (exact) mass is 338 g/mol. The molecule has 0 saturated carbocycles. The molecule has 24 heavy (non-hydrogen) atoms. The third-order valence-corrected chi connectivity index (χ3v) is 3.18. The van der Waals surface area contributed by atoms with Crippen LogP contribution >= 0.6 is 0 Å². The highest BCUT2D eigenvalue weighted by molar-refractivity contribution is 6.08. The normalized spacial score (nSPS) is 10.4. The summed E-state index contributed by atoms with van der Waals surface area (Å²) in [6.45, 7) is 1.09. The lowest BCUT2D eigenvalue weighted by atomic mass is 10.1. The van der Waals surface area contributed by atoms with Gasteiger partial charge in [0.25, 0.3) is 5.91 Å². The molecule has 0 fully saturated rings. The van der Waals surface area contributed by atoms with E-state index >= 15 is 0 Å². The fraction of sp³-hybridized carbons (Fsp3) is 0.188. The van der Waals surface area contributed by atoms with E-state index in [0.717, 1.165) is 18.1 Å². The van der Waals surface area contributed by atoms with Gasteiger partial charge in [-0.15, -0.1) is 0 Å². The van der Waals surface area contributed by atoms with E-state index in [1.165, 1.54) is 6.07 Å². The molecule has 0 saturated heterocycles. The fourth-order valence-corrected chi connectivity index (χ4v) is 1.97. The summed E-state index contributed by atoms with van der Waals surface area (Å²) in [6.07, 6.45) is 0. The minimum atomic E-state index is -1.77. The summed E-state index contributed by atoms with van der Waals surface area (Å²) in [7, 11) is 1.12. The fourth-order valence-electron chi connectivity index (χ4n) is 1.97. The number of anilines is 1. The van der Waals surface area contributed by atoms with Crippen LogP contribution in [-0.4, -0.2) is 30.5 Å². The van der Waals surface area contributed by atoms with Crippen molar-refractivity contribution in [3.63, 3.8) is 0 Å². The van der Waals surface area contributed by atoms with E-state index in [-0.39, 0.29) is 5.82 Å². The number of pyridine rings is 1. The van der Waals surface area contributed by atoms with Gasteiger partial charge in [0, 0.05) is 5.69 Å². The van der Waals surface area contributed by atoms with Crippen molar-refractivity contribution in [2.75, 3.05) is 18.6 Å². The average Bonchev–Trinajstić information content (AvgIpc) is 2.57. The Hall–Kier alpha value is -2.90. The quantitative estimate of drug-likeness (QED) is 0.635. The molecular formula is C16H13F3N2O3. The Labute approximate surface area is 135 Å². The number of halogens is 3. The number of aryl methyl sites for hydroxylation is 1. The molecule has 0 atom stereocenters. The molecule has 0 unspecified atom stereocenters. The van der Waals surface area contributed by atoms with Gasteiger partial charge in [-0.3, -0.25) is 14.5 Å². The van der Waals surface area contributed by atoms with Crippen molar-refractivity contribution in [2.24, 2.45) is 0 Å². The third kappa shape index (κ3) is 3.53. The molecule has 0 bridgehead atoms. The van der Waals surface area contributed by atoms with Crippen LogP contribution < -0.4 is 4.90 Å². The lowest BCUT2D eigenvalue weighted by Crippen LogP contribution is -2.37. The van der Waals surface area contributed by atoms with Crippen LogP contribution in [0, 0.1) is 24.4 Å². The summed E-state index contributed by atoms with van der Waals surface area (Å²) in [5, 5.41) is 0. The van der Waals surface area contributed by atoms with Gasteiger partial charge in [0.05, 0.1) is 12.7 Å². The van der Waals surface area contributed by atoms with Gasteiger partial charge >= 0.3 is 5.97 Å². The zero-order valence-electron chi connectivity index (χ0n) is 12.8. The van der Waals surface area contributed by atoms with Crippen LogP contribution in [-0.2, 0) is 9.53 Å². The molecule has 1 aromatic carbocycles. The summed E-state index contributed by atoms with van der Waals surface area (Å²) in [4.78, 5) is 29.0. The number of carbonyl (C=O) groups is 2. The number of nitrogens with zero attached hydrogens (tertiary/aromatic N) is 2. The molecule has 0 aliphatic carbocycles. The summed E-state index contributed by atoms with van der Waals surface area (Å²) in [5.41, 5.74) is -0.179. The molecule has 2 rings (SSSR count). The molecule has 8 heteroatoms.